The van der Waals surface area contributed by atoms with Crippen molar-refractivity contribution in [1.29, 1.82) is 0 Å². The quantitative estimate of drug-likeness (QED) is 0.886. The average Bonchev–Trinajstić information content (AvgIpc) is 2.88. The molecule has 0 amide bonds. The lowest BCUT2D eigenvalue weighted by molar-refractivity contribution is 0.567. The maximum Gasteiger partial charge on any atom is 0.140 e. The molecule has 1 aliphatic carbocycles. The van der Waals surface area contributed by atoms with E-state index in [4.69, 9.17) is 5.73 Å². The van der Waals surface area contributed by atoms with Crippen molar-refractivity contribution in [2.45, 2.75) is 31.2 Å². The Morgan fingerprint density at radius 1 is 1.43 bits per heavy atom. The van der Waals surface area contributed by atoms with Gasteiger partial charge in [0.2, 0.25) is 0 Å². The number of hydrogen-bond acceptors (Lipinski definition) is 1. The Balaban J connectivity index is 2.05. The molecule has 0 spiro atoms. The fourth-order valence-electron chi connectivity index (χ4n) is 1.54. The van der Waals surface area contributed by atoms with Gasteiger partial charge in [0.1, 0.15) is 5.82 Å². The molecule has 0 unspecified atom stereocenters. The van der Waals surface area contributed by atoms with Crippen LogP contribution in [0.3, 0.4) is 0 Å². The number of rotatable bonds is 3. The summed E-state index contributed by atoms with van der Waals surface area (Å²) in [5, 5.41) is 0. The number of benzene rings is 1. The fraction of sp³-hybridized carbons (Fsp3) is 0.455. The molecule has 2 rings (SSSR count). The van der Waals surface area contributed by atoms with Crippen molar-refractivity contribution < 1.29 is 4.39 Å². The molecule has 1 nitrogen and oxygen atoms in total. The summed E-state index contributed by atoms with van der Waals surface area (Å²) >= 11 is 3.18. The molecule has 0 saturated heterocycles. The first-order valence-electron chi connectivity index (χ1n) is 4.82. The molecule has 3 heteroatoms. The van der Waals surface area contributed by atoms with Gasteiger partial charge in [-0.2, -0.15) is 0 Å². The van der Waals surface area contributed by atoms with Gasteiger partial charge in [-0.15, -0.1) is 0 Å². The van der Waals surface area contributed by atoms with Crippen molar-refractivity contribution in [3.63, 3.8) is 0 Å². The molecule has 0 atom stereocenters. The third-order valence-electron chi connectivity index (χ3n) is 2.82. The highest BCUT2D eigenvalue weighted by molar-refractivity contribution is 9.10. The Hall–Kier alpha value is -0.410. The molecule has 1 saturated carbocycles. The summed E-state index contributed by atoms with van der Waals surface area (Å²) < 4.78 is 14.0. The zero-order valence-electron chi connectivity index (χ0n) is 7.89. The van der Waals surface area contributed by atoms with Gasteiger partial charge in [0.05, 0.1) is 4.47 Å². The summed E-state index contributed by atoms with van der Waals surface area (Å²) in [6, 6.07) is 5.40. The van der Waals surface area contributed by atoms with Crippen LogP contribution in [0.15, 0.2) is 22.7 Å². The van der Waals surface area contributed by atoms with Gasteiger partial charge in [-0.05, 0) is 53.2 Å². The molecule has 1 aromatic rings. The largest absolute Gasteiger partial charge is 0.325 e. The van der Waals surface area contributed by atoms with Crippen molar-refractivity contribution in [3.8, 4) is 0 Å². The molecule has 0 bridgehead atoms. The second kappa shape index (κ2) is 3.63. The van der Waals surface area contributed by atoms with Crippen LogP contribution in [0.25, 0.3) is 0 Å². The fourth-order valence-corrected chi connectivity index (χ4v) is 1.94. The normalized spacial score (nSPS) is 18.2. The van der Waals surface area contributed by atoms with Crippen molar-refractivity contribution in [3.05, 3.63) is 34.1 Å². The molecule has 76 valence electrons. The van der Waals surface area contributed by atoms with Gasteiger partial charge < -0.3 is 5.73 Å². The summed E-state index contributed by atoms with van der Waals surface area (Å²) in [6.45, 7) is 0. The van der Waals surface area contributed by atoms with Gasteiger partial charge in [0, 0.05) is 5.54 Å². The molecular weight excluding hydrogens is 245 g/mol. The zero-order valence-corrected chi connectivity index (χ0v) is 9.48. The van der Waals surface area contributed by atoms with E-state index in [0.29, 0.717) is 4.47 Å². The van der Waals surface area contributed by atoms with E-state index in [2.05, 4.69) is 15.9 Å². The van der Waals surface area contributed by atoms with Crippen molar-refractivity contribution in [2.75, 3.05) is 0 Å². The number of halogens is 2. The number of aryl methyl sites for hydroxylation is 1. The minimum Gasteiger partial charge on any atom is -0.325 e. The van der Waals surface area contributed by atoms with Crippen LogP contribution in [0.5, 0.6) is 0 Å². The van der Waals surface area contributed by atoms with Crippen molar-refractivity contribution >= 4 is 15.9 Å². The van der Waals surface area contributed by atoms with Crippen LogP contribution in [-0.4, -0.2) is 5.54 Å². The van der Waals surface area contributed by atoms with Crippen molar-refractivity contribution in [1.82, 2.24) is 0 Å². The first-order chi connectivity index (χ1) is 6.61. The topological polar surface area (TPSA) is 26.0 Å². The Bertz CT molecular complexity index is 347. The maximum atomic E-state index is 13.5. The molecule has 0 heterocycles. The minimum atomic E-state index is -0.142. The standard InChI is InChI=1S/C11H13BrFN/c12-9-3-1-2-8(10(9)13)4-5-11(14)6-7-11/h1-3H,4-7,14H2. The summed E-state index contributed by atoms with van der Waals surface area (Å²) in [6.07, 6.45) is 3.80. The van der Waals surface area contributed by atoms with Crippen LogP contribution in [0.1, 0.15) is 24.8 Å². The highest BCUT2D eigenvalue weighted by Gasteiger charge is 2.37. The zero-order chi connectivity index (χ0) is 10.2. The third kappa shape index (κ3) is 2.15. The summed E-state index contributed by atoms with van der Waals surface area (Å²) in [4.78, 5) is 0. The van der Waals surface area contributed by atoms with Crippen molar-refractivity contribution in [2.24, 2.45) is 5.73 Å². The molecule has 1 aromatic carbocycles. The highest BCUT2D eigenvalue weighted by atomic mass is 79.9. The smallest absolute Gasteiger partial charge is 0.140 e. The van der Waals surface area contributed by atoms with Gasteiger partial charge in [0.15, 0.2) is 0 Å². The van der Waals surface area contributed by atoms with E-state index in [1.807, 2.05) is 12.1 Å². The highest BCUT2D eigenvalue weighted by Crippen LogP contribution is 2.37. The average molecular weight is 258 g/mol. The first kappa shape index (κ1) is 10.1. The van der Waals surface area contributed by atoms with Crippen LogP contribution in [0.2, 0.25) is 0 Å². The maximum absolute atomic E-state index is 13.5. The summed E-state index contributed by atoms with van der Waals surface area (Å²) in [5.74, 6) is -0.142. The van der Waals surface area contributed by atoms with Crippen LogP contribution >= 0.6 is 15.9 Å². The van der Waals surface area contributed by atoms with E-state index in [1.54, 1.807) is 6.07 Å². The Morgan fingerprint density at radius 3 is 2.79 bits per heavy atom. The summed E-state index contributed by atoms with van der Waals surface area (Å²) in [5.41, 5.74) is 6.72. The van der Waals surface area contributed by atoms with E-state index in [9.17, 15) is 4.39 Å². The predicted octanol–water partition coefficient (Wildman–Crippen LogP) is 3.01. The van der Waals surface area contributed by atoms with Gasteiger partial charge in [-0.3, -0.25) is 0 Å². The van der Waals surface area contributed by atoms with E-state index < -0.39 is 0 Å². The summed E-state index contributed by atoms with van der Waals surface area (Å²) in [7, 11) is 0. The second-order valence-electron chi connectivity index (χ2n) is 4.08. The van der Waals surface area contributed by atoms with Crippen LogP contribution in [-0.2, 0) is 6.42 Å². The van der Waals surface area contributed by atoms with E-state index in [-0.39, 0.29) is 11.4 Å². The molecule has 1 fully saturated rings. The molecule has 1 aliphatic rings. The Kier molecular flexibility index (Phi) is 2.62. The van der Waals surface area contributed by atoms with E-state index in [1.165, 1.54) is 0 Å². The van der Waals surface area contributed by atoms with Gasteiger partial charge in [-0.1, -0.05) is 12.1 Å². The van der Waals surface area contributed by atoms with E-state index in [0.717, 1.165) is 31.2 Å². The van der Waals surface area contributed by atoms with Gasteiger partial charge in [-0.25, -0.2) is 4.39 Å². The molecule has 0 radical (unpaired) electrons. The van der Waals surface area contributed by atoms with Gasteiger partial charge >= 0.3 is 0 Å². The lowest BCUT2D eigenvalue weighted by Gasteiger charge is -2.09. The molecule has 14 heavy (non-hydrogen) atoms. The molecule has 0 aromatic heterocycles. The molecular formula is C11H13BrFN. The van der Waals surface area contributed by atoms with Crippen LogP contribution in [0.4, 0.5) is 4.39 Å². The van der Waals surface area contributed by atoms with Crippen LogP contribution in [0, 0.1) is 5.82 Å². The molecule has 0 aliphatic heterocycles. The monoisotopic (exact) mass is 257 g/mol. The Labute approximate surface area is 91.6 Å². The first-order valence-corrected chi connectivity index (χ1v) is 5.62. The van der Waals surface area contributed by atoms with Crippen LogP contribution < -0.4 is 5.73 Å². The minimum absolute atomic E-state index is 0.00869. The predicted molar refractivity (Wildman–Crippen MR) is 58.6 cm³/mol. The lowest BCUT2D eigenvalue weighted by Crippen LogP contribution is -2.22. The SMILES string of the molecule is NC1(CCc2cccc(Br)c2F)CC1. The van der Waals surface area contributed by atoms with Gasteiger partial charge in [0.25, 0.3) is 0 Å². The molecule has 2 N–H and O–H groups in total. The second-order valence-corrected chi connectivity index (χ2v) is 4.93. The lowest BCUT2D eigenvalue weighted by atomic mass is 10.0. The Morgan fingerprint density at radius 2 is 2.14 bits per heavy atom. The number of nitrogens with two attached hydrogens (primary N) is 1. The number of hydrogen-bond donors (Lipinski definition) is 1. The van der Waals surface area contributed by atoms with E-state index >= 15 is 0 Å². The third-order valence-corrected chi connectivity index (χ3v) is 3.43.